The van der Waals surface area contributed by atoms with Gasteiger partial charge in [-0.1, -0.05) is 42.5 Å². The Bertz CT molecular complexity index is 912. The summed E-state index contributed by atoms with van der Waals surface area (Å²) in [5.41, 5.74) is -4.75. The molecule has 0 saturated carbocycles. The highest BCUT2D eigenvalue weighted by Crippen LogP contribution is 2.50. The lowest BCUT2D eigenvalue weighted by atomic mass is 9.90. The number of hydrogen-bond acceptors (Lipinski definition) is 4. The third-order valence-corrected chi connectivity index (χ3v) is 4.78. The van der Waals surface area contributed by atoms with Crippen LogP contribution in [-0.2, 0) is 16.9 Å². The van der Waals surface area contributed by atoms with E-state index in [-0.39, 0.29) is 13.1 Å². The standard InChI is InChI=1S/C21H22F6N2O3/c1-29(2)18(31)17(30)12-28-11-13-4-3-5-15(10-13)14-6-8-16(9-7-14)19(32,20(22,23)24)21(25,26)27/h3-10,17,28,30,32H,11-12H2,1-2H3/t17-/m0/s1. The van der Waals surface area contributed by atoms with Crippen LogP contribution in [0.2, 0.25) is 0 Å². The first-order chi connectivity index (χ1) is 14.7. The molecule has 176 valence electrons. The first kappa shape index (κ1) is 25.6. The molecule has 0 aliphatic carbocycles. The summed E-state index contributed by atoms with van der Waals surface area (Å²) in [6, 6.07) is 9.92. The lowest BCUT2D eigenvalue weighted by Gasteiger charge is -2.32. The maximum Gasteiger partial charge on any atom is 0.430 e. The van der Waals surface area contributed by atoms with Gasteiger partial charge in [0.15, 0.2) is 0 Å². The molecule has 2 aromatic carbocycles. The summed E-state index contributed by atoms with van der Waals surface area (Å²) in [6.07, 6.45) is -13.1. The molecule has 0 heterocycles. The molecule has 0 fully saturated rings. The van der Waals surface area contributed by atoms with Crippen LogP contribution in [0.25, 0.3) is 11.1 Å². The van der Waals surface area contributed by atoms with Crippen LogP contribution in [0, 0.1) is 0 Å². The molecule has 0 radical (unpaired) electrons. The number of hydrogen-bond donors (Lipinski definition) is 3. The summed E-state index contributed by atoms with van der Waals surface area (Å²) in [4.78, 5) is 12.9. The number of alkyl halides is 6. The van der Waals surface area contributed by atoms with E-state index in [9.17, 15) is 41.4 Å². The van der Waals surface area contributed by atoms with Crippen LogP contribution in [0.15, 0.2) is 48.5 Å². The number of carbonyl (C=O) groups excluding carboxylic acids is 1. The summed E-state index contributed by atoms with van der Waals surface area (Å²) >= 11 is 0. The van der Waals surface area contributed by atoms with Crippen LogP contribution in [0.5, 0.6) is 0 Å². The fourth-order valence-electron chi connectivity index (χ4n) is 2.99. The first-order valence-electron chi connectivity index (χ1n) is 9.34. The van der Waals surface area contributed by atoms with Crippen molar-refractivity contribution in [1.29, 1.82) is 0 Å². The van der Waals surface area contributed by atoms with Gasteiger partial charge in [-0.05, 0) is 22.8 Å². The van der Waals surface area contributed by atoms with Crippen LogP contribution in [0.3, 0.4) is 0 Å². The predicted molar refractivity (Wildman–Crippen MR) is 104 cm³/mol. The highest BCUT2D eigenvalue weighted by molar-refractivity contribution is 5.80. The van der Waals surface area contributed by atoms with Crippen molar-refractivity contribution < 1.29 is 41.4 Å². The fourth-order valence-corrected chi connectivity index (χ4v) is 2.99. The van der Waals surface area contributed by atoms with Crippen molar-refractivity contribution in [3.63, 3.8) is 0 Å². The Kier molecular flexibility index (Phi) is 7.59. The Balaban J connectivity index is 2.18. The zero-order chi connectivity index (χ0) is 24.3. The van der Waals surface area contributed by atoms with E-state index in [0.717, 1.165) is 12.1 Å². The minimum absolute atomic E-state index is 0.0105. The van der Waals surface area contributed by atoms with Crippen LogP contribution in [-0.4, -0.2) is 60.1 Å². The van der Waals surface area contributed by atoms with Gasteiger partial charge < -0.3 is 20.4 Å². The molecule has 1 amide bonds. The Morgan fingerprint density at radius 2 is 1.53 bits per heavy atom. The summed E-state index contributed by atoms with van der Waals surface area (Å²) < 4.78 is 78.1. The molecule has 0 aliphatic rings. The summed E-state index contributed by atoms with van der Waals surface area (Å²) in [7, 11) is 3.01. The average molecular weight is 464 g/mol. The van der Waals surface area contributed by atoms with Gasteiger partial charge in [0.25, 0.3) is 11.5 Å². The molecule has 11 heteroatoms. The molecular formula is C21H22F6N2O3. The lowest BCUT2D eigenvalue weighted by molar-refractivity contribution is -0.376. The third-order valence-electron chi connectivity index (χ3n) is 4.78. The maximum atomic E-state index is 13.0. The molecule has 3 N–H and O–H groups in total. The van der Waals surface area contributed by atoms with Crippen LogP contribution in [0.1, 0.15) is 11.1 Å². The predicted octanol–water partition coefficient (Wildman–Crippen LogP) is 3.20. The molecule has 5 nitrogen and oxygen atoms in total. The van der Waals surface area contributed by atoms with E-state index in [0.29, 0.717) is 28.8 Å². The number of aliphatic hydroxyl groups is 2. The van der Waals surface area contributed by atoms with Gasteiger partial charge in [-0.15, -0.1) is 0 Å². The number of rotatable bonds is 7. The Hall–Kier alpha value is -2.63. The van der Waals surface area contributed by atoms with Crippen molar-refractivity contribution >= 4 is 5.91 Å². The molecule has 2 rings (SSSR count). The average Bonchev–Trinajstić information content (AvgIpc) is 2.71. The second-order valence-corrected chi connectivity index (χ2v) is 7.36. The van der Waals surface area contributed by atoms with Crippen molar-refractivity contribution in [3.8, 4) is 11.1 Å². The summed E-state index contributed by atoms with van der Waals surface area (Å²) in [6.45, 7) is 0.245. The number of amides is 1. The largest absolute Gasteiger partial charge is 0.430 e. The van der Waals surface area contributed by atoms with E-state index in [1.165, 1.54) is 19.0 Å². The minimum Gasteiger partial charge on any atom is -0.382 e. The van der Waals surface area contributed by atoms with Gasteiger partial charge in [-0.2, -0.15) is 26.3 Å². The first-order valence-corrected chi connectivity index (χ1v) is 9.34. The van der Waals surface area contributed by atoms with E-state index in [4.69, 9.17) is 0 Å². The molecule has 0 aliphatic heterocycles. The highest BCUT2D eigenvalue weighted by Gasteiger charge is 2.71. The second-order valence-electron chi connectivity index (χ2n) is 7.36. The van der Waals surface area contributed by atoms with Crippen molar-refractivity contribution in [2.45, 2.75) is 30.6 Å². The molecule has 0 spiro atoms. The number of carbonyl (C=O) groups is 1. The number of likely N-dealkylation sites (N-methyl/N-ethyl adjacent to an activating group) is 1. The normalized spacial score (nSPS) is 13.7. The molecule has 0 saturated heterocycles. The number of aliphatic hydroxyl groups excluding tert-OH is 1. The quantitative estimate of drug-likeness (QED) is 0.551. The number of halogens is 6. The summed E-state index contributed by atoms with van der Waals surface area (Å²) in [5, 5.41) is 22.1. The Labute approximate surface area is 180 Å². The zero-order valence-electron chi connectivity index (χ0n) is 17.1. The number of nitrogens with one attached hydrogen (secondary N) is 1. The lowest BCUT2D eigenvalue weighted by Crippen LogP contribution is -2.53. The van der Waals surface area contributed by atoms with Crippen molar-refractivity contribution in [3.05, 3.63) is 59.7 Å². The third kappa shape index (κ3) is 5.40. The Morgan fingerprint density at radius 1 is 0.969 bits per heavy atom. The van der Waals surface area contributed by atoms with E-state index < -0.39 is 35.5 Å². The SMILES string of the molecule is CN(C)C(=O)[C@@H](O)CNCc1cccc(-c2ccc(C(O)(C(F)(F)F)C(F)(F)F)cc2)c1. The van der Waals surface area contributed by atoms with Crippen LogP contribution >= 0.6 is 0 Å². The van der Waals surface area contributed by atoms with Crippen molar-refractivity contribution in [2.24, 2.45) is 0 Å². The maximum absolute atomic E-state index is 13.0. The molecule has 0 bridgehead atoms. The number of nitrogens with zero attached hydrogens (tertiary/aromatic N) is 1. The summed E-state index contributed by atoms with van der Waals surface area (Å²) in [5.74, 6) is -0.469. The van der Waals surface area contributed by atoms with Gasteiger partial charge in [-0.25, -0.2) is 0 Å². The van der Waals surface area contributed by atoms with E-state index in [1.54, 1.807) is 24.3 Å². The second kappa shape index (κ2) is 9.47. The van der Waals surface area contributed by atoms with E-state index >= 15 is 0 Å². The van der Waals surface area contributed by atoms with Gasteiger partial charge in [0.05, 0.1) is 0 Å². The van der Waals surface area contributed by atoms with Gasteiger partial charge in [0.1, 0.15) is 6.10 Å². The van der Waals surface area contributed by atoms with Crippen LogP contribution in [0.4, 0.5) is 26.3 Å². The topological polar surface area (TPSA) is 72.8 Å². The van der Waals surface area contributed by atoms with Crippen LogP contribution < -0.4 is 5.32 Å². The van der Waals surface area contributed by atoms with Gasteiger partial charge >= 0.3 is 12.4 Å². The Morgan fingerprint density at radius 3 is 2.03 bits per heavy atom. The van der Waals surface area contributed by atoms with Gasteiger partial charge in [-0.3, -0.25) is 4.79 Å². The number of benzene rings is 2. The molecule has 2 aromatic rings. The van der Waals surface area contributed by atoms with Gasteiger partial charge in [0, 0.05) is 32.7 Å². The van der Waals surface area contributed by atoms with Crippen molar-refractivity contribution in [2.75, 3.05) is 20.6 Å². The fraction of sp³-hybridized carbons (Fsp3) is 0.381. The van der Waals surface area contributed by atoms with E-state index in [1.807, 2.05) is 0 Å². The minimum atomic E-state index is -5.95. The molecule has 1 atom stereocenters. The van der Waals surface area contributed by atoms with Crippen molar-refractivity contribution in [1.82, 2.24) is 10.2 Å². The van der Waals surface area contributed by atoms with Gasteiger partial charge in [0.2, 0.25) is 0 Å². The zero-order valence-corrected chi connectivity index (χ0v) is 17.1. The molecule has 0 unspecified atom stereocenters. The highest BCUT2D eigenvalue weighted by atomic mass is 19.4. The molecule has 32 heavy (non-hydrogen) atoms. The monoisotopic (exact) mass is 464 g/mol. The van der Waals surface area contributed by atoms with E-state index in [2.05, 4.69) is 5.32 Å². The smallest absolute Gasteiger partial charge is 0.382 e. The molecular weight excluding hydrogens is 442 g/mol. The molecule has 0 aromatic heterocycles.